The lowest BCUT2D eigenvalue weighted by atomic mass is 9.81. The fourth-order valence-electron chi connectivity index (χ4n) is 1.75. The van der Waals surface area contributed by atoms with Gasteiger partial charge in [-0.3, -0.25) is 0 Å². The molecule has 1 rings (SSSR count). The molecule has 120 valence electrons. The van der Waals surface area contributed by atoms with E-state index >= 15 is 0 Å². The van der Waals surface area contributed by atoms with Gasteiger partial charge in [-0.2, -0.15) is 13.2 Å². The lowest BCUT2D eigenvalue weighted by Gasteiger charge is -2.30. The van der Waals surface area contributed by atoms with E-state index in [4.69, 9.17) is 0 Å². The first-order valence-electron chi connectivity index (χ1n) is 7.10. The van der Waals surface area contributed by atoms with Crippen LogP contribution in [-0.4, -0.2) is 18.2 Å². The summed E-state index contributed by atoms with van der Waals surface area (Å²) in [5.74, 6) is 0.494. The molecule has 1 atom stereocenters. The van der Waals surface area contributed by atoms with Crippen LogP contribution < -0.4 is 5.32 Å². The molecule has 2 nitrogen and oxygen atoms in total. The summed E-state index contributed by atoms with van der Waals surface area (Å²) in [5.41, 5.74) is -0.120. The zero-order valence-electron chi connectivity index (χ0n) is 13.0. The standard InChI is InChI=1S/C16H24F3NO/c1-11(2)15(3,4)10-20-9-14(21)12-5-7-13(8-6-12)16(17,18)19/h5-8,11,14,20-21H,9-10H2,1-4H3. The maximum atomic E-state index is 12.5. The highest BCUT2D eigenvalue weighted by Gasteiger charge is 2.30. The van der Waals surface area contributed by atoms with Gasteiger partial charge in [0.25, 0.3) is 0 Å². The van der Waals surface area contributed by atoms with Crippen molar-refractivity contribution in [1.29, 1.82) is 0 Å². The van der Waals surface area contributed by atoms with Crippen LogP contribution in [-0.2, 0) is 6.18 Å². The molecule has 2 N–H and O–H groups in total. The molecular formula is C16H24F3NO. The summed E-state index contributed by atoms with van der Waals surface area (Å²) in [5, 5.41) is 13.2. The quantitative estimate of drug-likeness (QED) is 0.832. The van der Waals surface area contributed by atoms with Crippen molar-refractivity contribution in [3.8, 4) is 0 Å². The summed E-state index contributed by atoms with van der Waals surface area (Å²) in [6, 6.07) is 4.64. The third kappa shape index (κ3) is 5.32. The fourth-order valence-corrected chi connectivity index (χ4v) is 1.75. The van der Waals surface area contributed by atoms with Crippen LogP contribution in [0.5, 0.6) is 0 Å². The van der Waals surface area contributed by atoms with Gasteiger partial charge >= 0.3 is 6.18 Å². The van der Waals surface area contributed by atoms with E-state index in [2.05, 4.69) is 33.0 Å². The number of hydrogen-bond acceptors (Lipinski definition) is 2. The third-order valence-electron chi connectivity index (χ3n) is 4.10. The predicted octanol–water partition coefficient (Wildman–Crippen LogP) is 4.01. The number of alkyl halides is 3. The molecule has 1 aromatic carbocycles. The van der Waals surface area contributed by atoms with Gasteiger partial charge < -0.3 is 10.4 Å². The monoisotopic (exact) mass is 303 g/mol. The zero-order valence-corrected chi connectivity index (χ0v) is 13.0. The summed E-state index contributed by atoms with van der Waals surface area (Å²) in [6.07, 6.45) is -5.15. The first kappa shape index (κ1) is 18.0. The molecule has 0 amide bonds. The molecule has 0 radical (unpaired) electrons. The molecule has 1 aromatic rings. The van der Waals surface area contributed by atoms with Gasteiger partial charge in [-0.15, -0.1) is 0 Å². The summed E-state index contributed by atoms with van der Waals surface area (Å²) in [6.45, 7) is 9.59. The molecule has 0 aliphatic heterocycles. The number of benzene rings is 1. The summed E-state index contributed by atoms with van der Waals surface area (Å²) < 4.78 is 37.4. The van der Waals surface area contributed by atoms with Gasteiger partial charge in [-0.05, 0) is 29.0 Å². The van der Waals surface area contributed by atoms with Crippen molar-refractivity contribution in [2.24, 2.45) is 11.3 Å². The average Bonchev–Trinajstić information content (AvgIpc) is 2.37. The Hall–Kier alpha value is -1.07. The number of hydrogen-bond donors (Lipinski definition) is 2. The summed E-state index contributed by atoms with van der Waals surface area (Å²) >= 11 is 0. The molecule has 0 aliphatic carbocycles. The minimum absolute atomic E-state index is 0.0971. The molecule has 0 saturated carbocycles. The van der Waals surface area contributed by atoms with E-state index in [-0.39, 0.29) is 5.41 Å². The molecule has 21 heavy (non-hydrogen) atoms. The van der Waals surface area contributed by atoms with Gasteiger partial charge in [0.1, 0.15) is 0 Å². The highest BCUT2D eigenvalue weighted by Crippen LogP contribution is 2.30. The predicted molar refractivity (Wildman–Crippen MR) is 77.9 cm³/mol. The van der Waals surface area contributed by atoms with Gasteiger partial charge in [0.15, 0.2) is 0 Å². The second kappa shape index (κ2) is 6.79. The van der Waals surface area contributed by atoms with E-state index in [1.54, 1.807) is 0 Å². The minimum Gasteiger partial charge on any atom is -0.387 e. The summed E-state index contributed by atoms with van der Waals surface area (Å²) in [7, 11) is 0. The molecule has 0 saturated heterocycles. The molecule has 5 heteroatoms. The van der Waals surface area contributed by atoms with Gasteiger partial charge in [-0.1, -0.05) is 39.8 Å². The molecule has 0 bridgehead atoms. The van der Waals surface area contributed by atoms with Crippen molar-refractivity contribution >= 4 is 0 Å². The highest BCUT2D eigenvalue weighted by atomic mass is 19.4. The number of aliphatic hydroxyl groups excluding tert-OH is 1. The maximum Gasteiger partial charge on any atom is 0.416 e. The second-order valence-electron chi connectivity index (χ2n) is 6.41. The minimum atomic E-state index is -4.34. The number of halogens is 3. The van der Waals surface area contributed by atoms with Crippen LogP contribution in [0.25, 0.3) is 0 Å². The van der Waals surface area contributed by atoms with Crippen LogP contribution >= 0.6 is 0 Å². The van der Waals surface area contributed by atoms with Crippen molar-refractivity contribution in [2.45, 2.75) is 40.0 Å². The molecule has 1 unspecified atom stereocenters. The topological polar surface area (TPSA) is 32.3 Å². The average molecular weight is 303 g/mol. The van der Waals surface area contributed by atoms with Crippen molar-refractivity contribution < 1.29 is 18.3 Å². The van der Waals surface area contributed by atoms with Crippen molar-refractivity contribution in [2.75, 3.05) is 13.1 Å². The Morgan fingerprint density at radius 1 is 1.10 bits per heavy atom. The first-order valence-corrected chi connectivity index (χ1v) is 7.10. The fraction of sp³-hybridized carbons (Fsp3) is 0.625. The van der Waals surface area contributed by atoms with Crippen molar-refractivity contribution in [1.82, 2.24) is 5.32 Å². The molecular weight excluding hydrogens is 279 g/mol. The summed E-state index contributed by atoms with van der Waals surface area (Å²) in [4.78, 5) is 0. The van der Waals surface area contributed by atoms with Gasteiger partial charge in [0.05, 0.1) is 11.7 Å². The Morgan fingerprint density at radius 3 is 2.05 bits per heavy atom. The van der Waals surface area contributed by atoms with E-state index in [0.29, 0.717) is 18.0 Å². The van der Waals surface area contributed by atoms with Crippen LogP contribution in [0, 0.1) is 11.3 Å². The molecule has 0 fully saturated rings. The SMILES string of the molecule is CC(C)C(C)(C)CNCC(O)c1ccc(C(F)(F)F)cc1. The van der Waals surface area contributed by atoms with Gasteiger partial charge in [0.2, 0.25) is 0 Å². The first-order chi connectivity index (χ1) is 9.54. The molecule has 0 aromatic heterocycles. The second-order valence-corrected chi connectivity index (χ2v) is 6.41. The molecule has 0 aliphatic rings. The van der Waals surface area contributed by atoms with E-state index in [0.717, 1.165) is 18.7 Å². The van der Waals surface area contributed by atoms with Gasteiger partial charge in [-0.25, -0.2) is 0 Å². The largest absolute Gasteiger partial charge is 0.416 e. The maximum absolute atomic E-state index is 12.5. The number of nitrogens with one attached hydrogen (secondary N) is 1. The Labute approximate surface area is 124 Å². The normalized spacial score (nSPS) is 14.5. The van der Waals surface area contributed by atoms with Gasteiger partial charge in [0, 0.05) is 13.1 Å². The molecule has 0 heterocycles. The molecule has 0 spiro atoms. The van der Waals surface area contributed by atoms with Crippen LogP contribution in [0.4, 0.5) is 13.2 Å². The van der Waals surface area contributed by atoms with E-state index < -0.39 is 17.8 Å². The number of rotatable bonds is 6. The number of aliphatic hydroxyl groups is 1. The Bertz CT molecular complexity index is 438. The third-order valence-corrected chi connectivity index (χ3v) is 4.10. The Kier molecular flexibility index (Phi) is 5.82. The van der Waals surface area contributed by atoms with Crippen LogP contribution in [0.15, 0.2) is 24.3 Å². The van der Waals surface area contributed by atoms with Crippen LogP contribution in [0.1, 0.15) is 44.9 Å². The lowest BCUT2D eigenvalue weighted by molar-refractivity contribution is -0.137. The lowest BCUT2D eigenvalue weighted by Crippen LogP contribution is -2.35. The van der Waals surface area contributed by atoms with Crippen LogP contribution in [0.3, 0.4) is 0 Å². The van der Waals surface area contributed by atoms with E-state index in [1.807, 2.05) is 0 Å². The van der Waals surface area contributed by atoms with E-state index in [1.165, 1.54) is 12.1 Å². The highest BCUT2D eigenvalue weighted by molar-refractivity contribution is 5.26. The van der Waals surface area contributed by atoms with Crippen LogP contribution in [0.2, 0.25) is 0 Å². The zero-order chi connectivity index (χ0) is 16.3. The Balaban J connectivity index is 2.55. The van der Waals surface area contributed by atoms with Crippen molar-refractivity contribution in [3.63, 3.8) is 0 Å². The van der Waals surface area contributed by atoms with E-state index in [9.17, 15) is 18.3 Å². The van der Waals surface area contributed by atoms with Crippen molar-refractivity contribution in [3.05, 3.63) is 35.4 Å². The Morgan fingerprint density at radius 2 is 1.62 bits per heavy atom. The smallest absolute Gasteiger partial charge is 0.387 e.